The summed E-state index contributed by atoms with van der Waals surface area (Å²) >= 11 is 0. The number of aldehydes is 1. The van der Waals surface area contributed by atoms with Gasteiger partial charge in [0, 0.05) is 18.9 Å². The van der Waals surface area contributed by atoms with Crippen molar-refractivity contribution in [2.45, 2.75) is 57.5 Å². The number of hydrogen-bond acceptors (Lipinski definition) is 3. The maximum absolute atomic E-state index is 12.2. The number of carbonyl (C=O) groups is 3. The fourth-order valence-electron chi connectivity index (χ4n) is 1.87. The molecule has 0 saturated carbocycles. The smallest absolute Gasteiger partial charge is 0.243 e. The summed E-state index contributed by atoms with van der Waals surface area (Å²) in [6, 6.07) is -0.843. The third-order valence-electron chi connectivity index (χ3n) is 3.06. The molecule has 0 aliphatic heterocycles. The Morgan fingerprint density at radius 2 is 1.86 bits per heavy atom. The van der Waals surface area contributed by atoms with Gasteiger partial charge in [-0.1, -0.05) is 19.1 Å². The van der Waals surface area contributed by atoms with E-state index in [0.717, 1.165) is 19.1 Å². The van der Waals surface area contributed by atoms with Crippen molar-refractivity contribution in [1.29, 1.82) is 0 Å². The summed E-state index contributed by atoms with van der Waals surface area (Å²) < 4.78 is 0. The molecule has 1 unspecified atom stereocenters. The maximum atomic E-state index is 12.2. The summed E-state index contributed by atoms with van der Waals surface area (Å²) in [6.45, 7) is 8.96. The lowest BCUT2D eigenvalue weighted by molar-refractivity contribution is -0.129. The first-order chi connectivity index (χ1) is 10.1. The van der Waals surface area contributed by atoms with E-state index < -0.39 is 6.04 Å². The van der Waals surface area contributed by atoms with Gasteiger partial charge in [0.1, 0.15) is 12.3 Å². The van der Waals surface area contributed by atoms with Gasteiger partial charge in [-0.25, -0.2) is 0 Å². The second-order valence-electron chi connectivity index (χ2n) is 4.83. The average Bonchev–Trinajstić information content (AvgIpc) is 2.46. The van der Waals surface area contributed by atoms with Crippen molar-refractivity contribution in [2.24, 2.45) is 0 Å². The largest absolute Gasteiger partial charge is 0.351 e. The second kappa shape index (κ2) is 11.9. The molecule has 2 N–H and O–H groups in total. The van der Waals surface area contributed by atoms with Crippen LogP contribution in [0.5, 0.6) is 0 Å². The molecule has 0 heterocycles. The Balaban J connectivity index is 4.56. The normalized spacial score (nSPS) is 12.8. The summed E-state index contributed by atoms with van der Waals surface area (Å²) in [5.74, 6) is -0.460. The first-order valence-corrected chi connectivity index (χ1v) is 7.34. The van der Waals surface area contributed by atoms with E-state index in [2.05, 4.69) is 23.8 Å². The van der Waals surface area contributed by atoms with Crippen LogP contribution in [0.4, 0.5) is 0 Å². The number of hydrogen-bond donors (Lipinski definition) is 2. The molecule has 118 valence electrons. The van der Waals surface area contributed by atoms with Crippen molar-refractivity contribution in [3.63, 3.8) is 0 Å². The number of unbranched alkanes of at least 4 members (excludes halogenated alkanes) is 1. The van der Waals surface area contributed by atoms with E-state index >= 15 is 0 Å². The third-order valence-corrected chi connectivity index (χ3v) is 3.06. The van der Waals surface area contributed by atoms with E-state index in [-0.39, 0.29) is 24.3 Å². The minimum absolute atomic E-state index is 0.185. The van der Waals surface area contributed by atoms with Crippen LogP contribution in [0.3, 0.4) is 0 Å². The molecule has 0 bridgehead atoms. The molecular weight excluding hydrogens is 268 g/mol. The van der Waals surface area contributed by atoms with E-state index in [9.17, 15) is 14.4 Å². The zero-order valence-corrected chi connectivity index (χ0v) is 12.8. The molecule has 2 atom stereocenters. The number of rotatable bonds is 12. The highest BCUT2D eigenvalue weighted by Gasteiger charge is 2.21. The molecule has 5 nitrogen and oxygen atoms in total. The van der Waals surface area contributed by atoms with Gasteiger partial charge in [0.25, 0.3) is 0 Å². The highest BCUT2D eigenvalue weighted by molar-refractivity contribution is 5.87. The number of nitrogens with one attached hydrogen (secondary N) is 2. The first-order valence-electron chi connectivity index (χ1n) is 7.34. The van der Waals surface area contributed by atoms with Crippen LogP contribution in [0, 0.1) is 0 Å². The van der Waals surface area contributed by atoms with Crippen LogP contribution in [0.25, 0.3) is 0 Å². The number of amides is 2. The molecular formula is C16H26N2O3. The molecule has 0 aromatic rings. The Bertz CT molecular complexity index is 367. The molecule has 2 amide bonds. The van der Waals surface area contributed by atoms with Crippen LogP contribution in [0.15, 0.2) is 25.3 Å². The Labute approximate surface area is 126 Å². The molecule has 5 heteroatoms. The summed E-state index contributed by atoms with van der Waals surface area (Å²) in [5.41, 5.74) is 0. The predicted molar refractivity (Wildman–Crippen MR) is 83.7 cm³/mol. The highest BCUT2D eigenvalue weighted by Crippen LogP contribution is 2.05. The first kappa shape index (κ1) is 19.1. The monoisotopic (exact) mass is 294 g/mol. The van der Waals surface area contributed by atoms with Crippen molar-refractivity contribution in [3.05, 3.63) is 25.3 Å². The van der Waals surface area contributed by atoms with Gasteiger partial charge in [-0.3, -0.25) is 9.59 Å². The Hall–Kier alpha value is -1.91. The van der Waals surface area contributed by atoms with E-state index in [1.807, 2.05) is 6.08 Å². The van der Waals surface area contributed by atoms with Crippen LogP contribution in [0.2, 0.25) is 0 Å². The van der Waals surface area contributed by atoms with Gasteiger partial charge in [-0.05, 0) is 25.7 Å². The standard InChI is InChI=1S/C16H26N2O3/c1-4-7-8-10-13(11-12-19)17-16(21)14(9-5-2)18-15(20)6-3/h4-5,12-14H,1-2,6-11H2,3H3,(H,17,21)(H,18,20)/t13-,14?/m0/s1. The van der Waals surface area contributed by atoms with Crippen LogP contribution >= 0.6 is 0 Å². The second-order valence-corrected chi connectivity index (χ2v) is 4.83. The van der Waals surface area contributed by atoms with E-state index in [0.29, 0.717) is 19.3 Å². The summed E-state index contributed by atoms with van der Waals surface area (Å²) in [7, 11) is 0. The molecule has 0 fully saturated rings. The quantitative estimate of drug-likeness (QED) is 0.328. The molecule has 0 saturated heterocycles. The third kappa shape index (κ3) is 8.78. The van der Waals surface area contributed by atoms with Gasteiger partial charge >= 0.3 is 0 Å². The van der Waals surface area contributed by atoms with Gasteiger partial charge in [0.15, 0.2) is 0 Å². The van der Waals surface area contributed by atoms with Crippen molar-refractivity contribution < 1.29 is 14.4 Å². The fraction of sp³-hybridized carbons (Fsp3) is 0.562. The summed E-state index contributed by atoms with van der Waals surface area (Å²) in [6.07, 6.45) is 7.55. The lowest BCUT2D eigenvalue weighted by Gasteiger charge is -2.21. The van der Waals surface area contributed by atoms with E-state index in [1.54, 1.807) is 13.0 Å². The van der Waals surface area contributed by atoms with Crippen LogP contribution < -0.4 is 10.6 Å². The van der Waals surface area contributed by atoms with Gasteiger partial charge in [-0.15, -0.1) is 13.2 Å². The molecule has 0 aliphatic carbocycles. The van der Waals surface area contributed by atoms with Crippen molar-refractivity contribution >= 4 is 18.1 Å². The average molecular weight is 294 g/mol. The lowest BCUT2D eigenvalue weighted by Crippen LogP contribution is -2.49. The SMILES string of the molecule is C=CCCC[C@@H](CC=O)NC(=O)C(CC=C)NC(=O)CC. The molecule has 0 spiro atoms. The van der Waals surface area contributed by atoms with Gasteiger partial charge in [0.2, 0.25) is 11.8 Å². The van der Waals surface area contributed by atoms with Crippen LogP contribution in [0.1, 0.15) is 45.4 Å². The molecule has 0 radical (unpaired) electrons. The Morgan fingerprint density at radius 1 is 1.14 bits per heavy atom. The summed E-state index contributed by atoms with van der Waals surface area (Å²) in [5, 5.41) is 5.48. The van der Waals surface area contributed by atoms with Gasteiger partial charge < -0.3 is 15.4 Å². The lowest BCUT2D eigenvalue weighted by atomic mass is 10.1. The molecule has 21 heavy (non-hydrogen) atoms. The molecule has 0 aliphatic rings. The minimum atomic E-state index is -0.636. The van der Waals surface area contributed by atoms with E-state index in [4.69, 9.17) is 0 Å². The van der Waals surface area contributed by atoms with Gasteiger partial charge in [0.05, 0.1) is 0 Å². The van der Waals surface area contributed by atoms with Crippen molar-refractivity contribution in [3.8, 4) is 0 Å². The predicted octanol–water partition coefficient (Wildman–Crippen LogP) is 1.89. The number of carbonyl (C=O) groups excluding carboxylic acids is 3. The topological polar surface area (TPSA) is 75.3 Å². The Kier molecular flexibility index (Phi) is 10.8. The summed E-state index contributed by atoms with van der Waals surface area (Å²) in [4.78, 5) is 34.3. The highest BCUT2D eigenvalue weighted by atomic mass is 16.2. The molecule has 0 aromatic heterocycles. The van der Waals surface area contributed by atoms with Crippen molar-refractivity contribution in [2.75, 3.05) is 0 Å². The zero-order valence-electron chi connectivity index (χ0n) is 12.8. The Morgan fingerprint density at radius 3 is 2.38 bits per heavy atom. The molecule has 0 aromatic carbocycles. The number of allylic oxidation sites excluding steroid dienone is 1. The molecule has 0 rings (SSSR count). The maximum Gasteiger partial charge on any atom is 0.243 e. The van der Waals surface area contributed by atoms with Crippen molar-refractivity contribution in [1.82, 2.24) is 10.6 Å². The van der Waals surface area contributed by atoms with E-state index in [1.165, 1.54) is 0 Å². The van der Waals surface area contributed by atoms with Crippen LogP contribution in [-0.4, -0.2) is 30.2 Å². The zero-order chi connectivity index (χ0) is 16.1. The fourth-order valence-corrected chi connectivity index (χ4v) is 1.87. The van der Waals surface area contributed by atoms with Crippen LogP contribution in [-0.2, 0) is 14.4 Å². The minimum Gasteiger partial charge on any atom is -0.351 e. The van der Waals surface area contributed by atoms with Gasteiger partial charge in [-0.2, -0.15) is 0 Å².